The zero-order valence-corrected chi connectivity index (χ0v) is 20.5. The molecule has 0 aliphatic carbocycles. The summed E-state index contributed by atoms with van der Waals surface area (Å²) in [6, 6.07) is 21.2. The number of nitrogens with zero attached hydrogens (tertiary/aromatic N) is 2. The summed E-state index contributed by atoms with van der Waals surface area (Å²) in [5.74, 6) is 1.54. The van der Waals surface area contributed by atoms with Gasteiger partial charge in [-0.1, -0.05) is 23.9 Å². The summed E-state index contributed by atoms with van der Waals surface area (Å²) >= 11 is 1.44. The van der Waals surface area contributed by atoms with Crippen molar-refractivity contribution in [2.45, 2.75) is 5.16 Å². The topological polar surface area (TPSA) is 119 Å². The number of imidazole rings is 1. The number of para-hydroxylation sites is 1. The van der Waals surface area contributed by atoms with E-state index in [1.807, 2.05) is 48.5 Å². The van der Waals surface area contributed by atoms with Crippen molar-refractivity contribution < 1.29 is 19.2 Å². The van der Waals surface area contributed by atoms with Gasteiger partial charge in [0.15, 0.2) is 5.16 Å². The van der Waals surface area contributed by atoms with Crippen LogP contribution in [-0.4, -0.2) is 47.3 Å². The molecule has 0 fully saturated rings. The summed E-state index contributed by atoms with van der Waals surface area (Å²) in [5, 5.41) is 14.6. The number of ether oxygens (including phenoxy) is 2. The Hall–Kier alpha value is -4.31. The number of nitro benzene ring substituents is 1. The van der Waals surface area contributed by atoms with E-state index in [4.69, 9.17) is 14.5 Å². The van der Waals surface area contributed by atoms with Crippen LogP contribution in [0.5, 0.6) is 11.5 Å². The summed E-state index contributed by atoms with van der Waals surface area (Å²) in [7, 11) is 3.24. The molecule has 3 aromatic carbocycles. The number of methoxy groups -OCH3 is 2. The average molecular weight is 505 g/mol. The van der Waals surface area contributed by atoms with Gasteiger partial charge in [0, 0.05) is 29.5 Å². The lowest BCUT2D eigenvalue weighted by atomic mass is 10.0. The fraction of sp³-hybridized carbons (Fsp3) is 0.154. The molecule has 0 aliphatic heterocycles. The molecule has 184 valence electrons. The maximum atomic E-state index is 12.4. The predicted octanol–water partition coefficient (Wildman–Crippen LogP) is 5.19. The zero-order valence-electron chi connectivity index (χ0n) is 19.7. The zero-order chi connectivity index (χ0) is 25.5. The van der Waals surface area contributed by atoms with Gasteiger partial charge in [-0.25, -0.2) is 4.98 Å². The van der Waals surface area contributed by atoms with Crippen LogP contribution < -0.4 is 14.8 Å². The molecule has 1 heterocycles. The lowest BCUT2D eigenvalue weighted by molar-refractivity contribution is -0.385. The number of thioether (sulfide) groups is 1. The van der Waals surface area contributed by atoms with Crippen molar-refractivity contribution in [1.29, 1.82) is 0 Å². The van der Waals surface area contributed by atoms with E-state index in [0.29, 0.717) is 17.5 Å². The number of carbonyl (C=O) groups excluding carboxylic acids is 1. The fourth-order valence-electron chi connectivity index (χ4n) is 3.58. The molecule has 36 heavy (non-hydrogen) atoms. The highest BCUT2D eigenvalue weighted by Crippen LogP contribution is 2.34. The Morgan fingerprint density at radius 2 is 1.58 bits per heavy atom. The van der Waals surface area contributed by atoms with Gasteiger partial charge in [0.05, 0.1) is 30.5 Å². The van der Waals surface area contributed by atoms with E-state index >= 15 is 0 Å². The van der Waals surface area contributed by atoms with E-state index in [-0.39, 0.29) is 11.3 Å². The van der Waals surface area contributed by atoms with Gasteiger partial charge in [-0.3, -0.25) is 14.9 Å². The number of benzene rings is 3. The third-order valence-electron chi connectivity index (χ3n) is 5.40. The predicted molar refractivity (Wildman–Crippen MR) is 139 cm³/mol. The summed E-state index contributed by atoms with van der Waals surface area (Å²) in [6.07, 6.45) is 0. The van der Waals surface area contributed by atoms with Gasteiger partial charge in [-0.05, 0) is 54.6 Å². The highest BCUT2D eigenvalue weighted by Gasteiger charge is 2.19. The molecule has 0 radical (unpaired) electrons. The van der Waals surface area contributed by atoms with E-state index in [2.05, 4.69) is 10.3 Å². The van der Waals surface area contributed by atoms with E-state index in [1.54, 1.807) is 20.3 Å². The quantitative estimate of drug-likeness (QED) is 0.132. The van der Waals surface area contributed by atoms with Crippen molar-refractivity contribution in [3.05, 3.63) is 88.5 Å². The number of rotatable bonds is 10. The number of hydrogen-bond acceptors (Lipinski definition) is 7. The summed E-state index contributed by atoms with van der Waals surface area (Å²) in [6.45, 7) is 0.311. The highest BCUT2D eigenvalue weighted by atomic mass is 32.2. The van der Waals surface area contributed by atoms with Crippen LogP contribution in [0.2, 0.25) is 0 Å². The molecule has 1 aromatic heterocycles. The summed E-state index contributed by atoms with van der Waals surface area (Å²) in [4.78, 5) is 31.2. The van der Waals surface area contributed by atoms with Crippen LogP contribution in [0.25, 0.3) is 22.5 Å². The summed E-state index contributed by atoms with van der Waals surface area (Å²) < 4.78 is 10.5. The highest BCUT2D eigenvalue weighted by molar-refractivity contribution is 7.99. The molecular formula is C26H24N4O5S. The first-order valence-corrected chi connectivity index (χ1v) is 12.0. The van der Waals surface area contributed by atoms with Crippen molar-refractivity contribution in [2.24, 2.45) is 0 Å². The third kappa shape index (κ3) is 5.66. The molecule has 0 aliphatic rings. The largest absolute Gasteiger partial charge is 0.497 e. The molecule has 9 nitrogen and oxygen atoms in total. The molecule has 10 heteroatoms. The monoisotopic (exact) mass is 504 g/mol. The number of hydrogen-bond donors (Lipinski definition) is 2. The van der Waals surface area contributed by atoms with Crippen LogP contribution in [0.3, 0.4) is 0 Å². The van der Waals surface area contributed by atoms with Crippen molar-refractivity contribution in [2.75, 3.05) is 26.5 Å². The van der Waals surface area contributed by atoms with Crippen molar-refractivity contribution in [3.63, 3.8) is 0 Å². The molecule has 0 spiro atoms. The molecule has 0 bridgehead atoms. The second-order valence-electron chi connectivity index (χ2n) is 7.60. The van der Waals surface area contributed by atoms with E-state index < -0.39 is 10.8 Å². The molecule has 4 rings (SSSR count). The van der Waals surface area contributed by atoms with Crippen LogP contribution in [0, 0.1) is 10.1 Å². The van der Waals surface area contributed by atoms with Gasteiger partial charge in [0.1, 0.15) is 17.1 Å². The Labute approximate surface area is 212 Å². The number of carbonyl (C=O) groups is 1. The van der Waals surface area contributed by atoms with Crippen molar-refractivity contribution in [1.82, 2.24) is 15.3 Å². The van der Waals surface area contributed by atoms with Crippen LogP contribution >= 0.6 is 11.8 Å². The number of nitrogens with one attached hydrogen (secondary N) is 2. The van der Waals surface area contributed by atoms with Crippen LogP contribution in [0.15, 0.2) is 78.0 Å². The number of aromatic nitrogens is 2. The molecular weight excluding hydrogens is 480 g/mol. The Kier molecular flexibility index (Phi) is 7.86. The lowest BCUT2D eigenvalue weighted by Gasteiger charge is -2.06. The maximum Gasteiger partial charge on any atom is 0.282 e. The Balaban J connectivity index is 1.49. The SMILES string of the molecule is COc1ccc(-c2nc(SCCNC(=O)c3ccccc3[N+](=O)[O-])[nH]c2-c2ccc(OC)cc2)cc1. The molecule has 4 aromatic rings. The first-order chi connectivity index (χ1) is 17.5. The number of H-pyrrole nitrogens is 1. The number of amides is 1. The number of aromatic amines is 1. The third-order valence-corrected chi connectivity index (χ3v) is 6.27. The molecule has 0 atom stereocenters. The summed E-state index contributed by atoms with van der Waals surface area (Å²) in [5.41, 5.74) is 3.33. The normalized spacial score (nSPS) is 10.6. The standard InChI is InChI=1S/C26H24N4O5S/c1-34-19-11-7-17(8-12-19)23-24(18-9-13-20(35-2)14-10-18)29-26(28-23)36-16-15-27-25(31)21-5-3-4-6-22(21)30(32)33/h3-14H,15-16H2,1-2H3,(H,27,31)(H,28,29). The second kappa shape index (κ2) is 11.4. The second-order valence-corrected chi connectivity index (χ2v) is 8.68. The molecule has 0 saturated carbocycles. The average Bonchev–Trinajstić information content (AvgIpc) is 3.35. The van der Waals surface area contributed by atoms with Crippen LogP contribution in [0.4, 0.5) is 5.69 Å². The first kappa shape index (κ1) is 24.8. The minimum atomic E-state index is -0.562. The minimum Gasteiger partial charge on any atom is -0.497 e. The van der Waals surface area contributed by atoms with Gasteiger partial charge >= 0.3 is 0 Å². The Morgan fingerprint density at radius 3 is 2.19 bits per heavy atom. The molecule has 2 N–H and O–H groups in total. The first-order valence-electron chi connectivity index (χ1n) is 11.0. The molecule has 0 saturated heterocycles. The van der Waals surface area contributed by atoms with E-state index in [9.17, 15) is 14.9 Å². The van der Waals surface area contributed by atoms with Gasteiger partial charge in [-0.15, -0.1) is 0 Å². The maximum absolute atomic E-state index is 12.4. The van der Waals surface area contributed by atoms with Crippen LogP contribution in [0.1, 0.15) is 10.4 Å². The van der Waals surface area contributed by atoms with E-state index in [1.165, 1.54) is 30.0 Å². The van der Waals surface area contributed by atoms with Gasteiger partial charge < -0.3 is 19.8 Å². The minimum absolute atomic E-state index is 0.0362. The van der Waals surface area contributed by atoms with Gasteiger partial charge in [0.25, 0.3) is 11.6 Å². The fourth-order valence-corrected chi connectivity index (χ4v) is 4.30. The Morgan fingerprint density at radius 1 is 0.972 bits per heavy atom. The van der Waals surface area contributed by atoms with Crippen LogP contribution in [-0.2, 0) is 0 Å². The number of nitro groups is 1. The van der Waals surface area contributed by atoms with Crippen molar-refractivity contribution in [3.8, 4) is 34.0 Å². The van der Waals surface area contributed by atoms with Gasteiger partial charge in [-0.2, -0.15) is 0 Å². The Bertz CT molecular complexity index is 1290. The lowest BCUT2D eigenvalue weighted by Crippen LogP contribution is -2.26. The van der Waals surface area contributed by atoms with Crippen molar-refractivity contribution >= 4 is 23.4 Å². The molecule has 1 amide bonds. The van der Waals surface area contributed by atoms with E-state index in [0.717, 1.165) is 34.0 Å². The molecule has 0 unspecified atom stereocenters. The van der Waals surface area contributed by atoms with Gasteiger partial charge in [0.2, 0.25) is 0 Å². The smallest absolute Gasteiger partial charge is 0.282 e.